The van der Waals surface area contributed by atoms with Crippen LogP contribution in [0.2, 0.25) is 0 Å². The van der Waals surface area contributed by atoms with Crippen molar-refractivity contribution in [3.8, 4) is 0 Å². The van der Waals surface area contributed by atoms with Crippen molar-refractivity contribution in [3.05, 3.63) is 59.4 Å². The van der Waals surface area contributed by atoms with Gasteiger partial charge in [0.15, 0.2) is 0 Å². The summed E-state index contributed by atoms with van der Waals surface area (Å²) in [7, 11) is 0. The molecule has 0 aliphatic heterocycles. The minimum Gasteiger partial charge on any atom is -0.320 e. The maximum absolute atomic E-state index is 12.0. The van der Waals surface area contributed by atoms with E-state index < -0.39 is 0 Å². The van der Waals surface area contributed by atoms with E-state index in [0.717, 1.165) is 22.3 Å². The van der Waals surface area contributed by atoms with E-state index >= 15 is 0 Å². The van der Waals surface area contributed by atoms with Crippen molar-refractivity contribution < 1.29 is 4.79 Å². The van der Waals surface area contributed by atoms with Crippen LogP contribution in [-0.2, 0) is 5.33 Å². The third kappa shape index (κ3) is 2.96. The van der Waals surface area contributed by atoms with E-state index in [1.54, 1.807) is 12.3 Å². The average Bonchev–Trinajstić information content (AvgIpc) is 2.41. The molecule has 0 unspecified atom stereocenters. The first kappa shape index (κ1) is 12.8. The lowest BCUT2D eigenvalue weighted by atomic mass is 10.1. The van der Waals surface area contributed by atoms with Gasteiger partial charge in [0, 0.05) is 17.1 Å². The van der Waals surface area contributed by atoms with Gasteiger partial charge in [-0.2, -0.15) is 0 Å². The number of anilines is 1. The van der Waals surface area contributed by atoms with Crippen molar-refractivity contribution >= 4 is 27.5 Å². The monoisotopic (exact) mass is 304 g/mol. The first-order valence-electron chi connectivity index (χ1n) is 5.58. The molecule has 0 bridgehead atoms. The second-order valence-corrected chi connectivity index (χ2v) is 4.48. The third-order valence-electron chi connectivity index (χ3n) is 2.63. The summed E-state index contributed by atoms with van der Waals surface area (Å²) in [5.74, 6) is -0.118. The lowest BCUT2D eigenvalue weighted by molar-refractivity contribution is 0.102. The molecule has 0 saturated carbocycles. The molecule has 0 atom stereocenters. The molecule has 92 valence electrons. The van der Waals surface area contributed by atoms with E-state index in [0.29, 0.717) is 5.56 Å². The molecule has 2 rings (SSSR count). The Hall–Kier alpha value is -1.68. The molecular formula is C14H13BrN2O. The highest BCUT2D eigenvalue weighted by Gasteiger charge is 2.07. The molecule has 0 fully saturated rings. The number of hydrogen-bond acceptors (Lipinski definition) is 2. The van der Waals surface area contributed by atoms with Gasteiger partial charge in [0.1, 0.15) is 0 Å². The second kappa shape index (κ2) is 5.78. The number of carbonyl (C=O) groups excluding carboxylic acids is 1. The molecule has 3 nitrogen and oxygen atoms in total. The van der Waals surface area contributed by atoms with E-state index in [9.17, 15) is 4.79 Å². The topological polar surface area (TPSA) is 42.0 Å². The van der Waals surface area contributed by atoms with E-state index in [-0.39, 0.29) is 5.91 Å². The summed E-state index contributed by atoms with van der Waals surface area (Å²) in [5.41, 5.74) is 3.34. The number of aryl methyl sites for hydroxylation is 1. The van der Waals surface area contributed by atoms with Crippen molar-refractivity contribution in [1.29, 1.82) is 0 Å². The van der Waals surface area contributed by atoms with Crippen LogP contribution in [0.5, 0.6) is 0 Å². The third-order valence-corrected chi connectivity index (χ3v) is 3.27. The SMILES string of the molecule is Cc1ncccc1NC(=O)c1ccc(CBr)cc1. The van der Waals surface area contributed by atoms with E-state index in [1.165, 1.54) is 0 Å². The summed E-state index contributed by atoms with van der Waals surface area (Å²) >= 11 is 3.37. The van der Waals surface area contributed by atoms with Crippen LogP contribution >= 0.6 is 15.9 Å². The Kier molecular flexibility index (Phi) is 4.10. The van der Waals surface area contributed by atoms with Crippen molar-refractivity contribution in [2.45, 2.75) is 12.3 Å². The normalized spacial score (nSPS) is 10.1. The van der Waals surface area contributed by atoms with Gasteiger partial charge in [-0.3, -0.25) is 9.78 Å². The van der Waals surface area contributed by atoms with Gasteiger partial charge in [0.2, 0.25) is 0 Å². The Bertz CT molecular complexity index is 552. The minimum absolute atomic E-state index is 0.118. The summed E-state index contributed by atoms with van der Waals surface area (Å²) in [4.78, 5) is 16.1. The van der Waals surface area contributed by atoms with Crippen molar-refractivity contribution in [2.24, 2.45) is 0 Å². The molecule has 0 saturated heterocycles. The fourth-order valence-electron chi connectivity index (χ4n) is 1.56. The summed E-state index contributed by atoms with van der Waals surface area (Å²) in [6.45, 7) is 1.86. The number of amides is 1. The number of pyridine rings is 1. The summed E-state index contributed by atoms with van der Waals surface area (Å²) < 4.78 is 0. The molecule has 1 amide bonds. The fraction of sp³-hybridized carbons (Fsp3) is 0.143. The second-order valence-electron chi connectivity index (χ2n) is 3.92. The molecule has 0 spiro atoms. The van der Waals surface area contributed by atoms with Crippen LogP contribution in [0.15, 0.2) is 42.6 Å². The van der Waals surface area contributed by atoms with Crippen LogP contribution in [0, 0.1) is 6.92 Å². The number of rotatable bonds is 3. The van der Waals surface area contributed by atoms with Crippen LogP contribution in [0.4, 0.5) is 5.69 Å². The zero-order valence-corrected chi connectivity index (χ0v) is 11.6. The van der Waals surface area contributed by atoms with Crippen LogP contribution in [0.1, 0.15) is 21.6 Å². The van der Waals surface area contributed by atoms with Gasteiger partial charge >= 0.3 is 0 Å². The number of halogens is 1. The van der Waals surface area contributed by atoms with Crippen molar-refractivity contribution in [1.82, 2.24) is 4.98 Å². The number of nitrogens with zero attached hydrogens (tertiary/aromatic N) is 1. The number of carbonyl (C=O) groups is 1. The van der Waals surface area contributed by atoms with Crippen LogP contribution < -0.4 is 5.32 Å². The smallest absolute Gasteiger partial charge is 0.255 e. The molecule has 0 aliphatic carbocycles. The van der Waals surface area contributed by atoms with Crippen LogP contribution in [0.25, 0.3) is 0 Å². The zero-order chi connectivity index (χ0) is 13.0. The summed E-state index contributed by atoms with van der Waals surface area (Å²) in [6.07, 6.45) is 1.70. The van der Waals surface area contributed by atoms with Crippen LogP contribution in [-0.4, -0.2) is 10.9 Å². The van der Waals surface area contributed by atoms with Gasteiger partial charge in [-0.15, -0.1) is 0 Å². The van der Waals surface area contributed by atoms with Gasteiger partial charge in [0.25, 0.3) is 5.91 Å². The average molecular weight is 305 g/mol. The molecule has 1 N–H and O–H groups in total. The molecule has 1 aromatic heterocycles. The lowest BCUT2D eigenvalue weighted by Gasteiger charge is -2.07. The molecule has 18 heavy (non-hydrogen) atoms. The highest BCUT2D eigenvalue weighted by Crippen LogP contribution is 2.13. The van der Waals surface area contributed by atoms with Crippen molar-refractivity contribution in [2.75, 3.05) is 5.32 Å². The number of nitrogens with one attached hydrogen (secondary N) is 1. The maximum atomic E-state index is 12.0. The van der Waals surface area contributed by atoms with Gasteiger partial charge in [-0.05, 0) is 36.8 Å². The standard InChI is InChI=1S/C14H13BrN2O/c1-10-13(3-2-8-16-10)17-14(18)12-6-4-11(9-15)5-7-12/h2-8H,9H2,1H3,(H,17,18). The van der Waals surface area contributed by atoms with Gasteiger partial charge in [-0.1, -0.05) is 28.1 Å². The highest BCUT2D eigenvalue weighted by atomic mass is 79.9. The number of benzene rings is 1. The number of aromatic nitrogens is 1. The summed E-state index contributed by atoms with van der Waals surface area (Å²) in [6, 6.07) is 11.1. The molecule has 1 aromatic carbocycles. The maximum Gasteiger partial charge on any atom is 0.255 e. The van der Waals surface area contributed by atoms with E-state index in [1.807, 2.05) is 37.3 Å². The molecule has 0 radical (unpaired) electrons. The molecule has 4 heteroatoms. The quantitative estimate of drug-likeness (QED) is 0.881. The molecule has 1 heterocycles. The van der Waals surface area contributed by atoms with E-state index in [4.69, 9.17) is 0 Å². The van der Waals surface area contributed by atoms with Gasteiger partial charge in [0.05, 0.1) is 11.4 Å². The molecule has 0 aliphatic rings. The Balaban J connectivity index is 2.14. The Labute approximate surface area is 114 Å². The van der Waals surface area contributed by atoms with E-state index in [2.05, 4.69) is 26.2 Å². The zero-order valence-electron chi connectivity index (χ0n) is 9.98. The number of hydrogen-bond donors (Lipinski definition) is 1. The Morgan fingerprint density at radius 3 is 2.61 bits per heavy atom. The lowest BCUT2D eigenvalue weighted by Crippen LogP contribution is -2.13. The highest BCUT2D eigenvalue weighted by molar-refractivity contribution is 9.08. The molecule has 2 aromatic rings. The minimum atomic E-state index is -0.118. The van der Waals surface area contributed by atoms with Gasteiger partial charge in [-0.25, -0.2) is 0 Å². The number of alkyl halides is 1. The van der Waals surface area contributed by atoms with Crippen molar-refractivity contribution in [3.63, 3.8) is 0 Å². The van der Waals surface area contributed by atoms with Gasteiger partial charge < -0.3 is 5.32 Å². The fourth-order valence-corrected chi connectivity index (χ4v) is 1.93. The largest absolute Gasteiger partial charge is 0.320 e. The predicted octanol–water partition coefficient (Wildman–Crippen LogP) is 3.54. The Morgan fingerprint density at radius 2 is 2.00 bits per heavy atom. The van der Waals surface area contributed by atoms with Crippen LogP contribution in [0.3, 0.4) is 0 Å². The predicted molar refractivity (Wildman–Crippen MR) is 76.0 cm³/mol. The molecular weight excluding hydrogens is 292 g/mol. The first-order valence-corrected chi connectivity index (χ1v) is 6.70. The summed E-state index contributed by atoms with van der Waals surface area (Å²) in [5, 5.41) is 3.64. The first-order chi connectivity index (χ1) is 8.70. The Morgan fingerprint density at radius 1 is 1.28 bits per heavy atom.